The molecule has 2 nitrogen and oxygen atoms in total. The van der Waals surface area contributed by atoms with E-state index in [1.807, 2.05) is 0 Å². The molecular formula is C14H20BrF2NO. The first-order valence-electron chi connectivity index (χ1n) is 6.28. The van der Waals surface area contributed by atoms with E-state index in [9.17, 15) is 8.78 Å². The standard InChI is InChI=1S/C14H20BrF2NO/c1-14(2,3)4-5-18-6-7-19-13-11(15)8-10(16)9-12(13)17/h8-9,18H,4-7H2,1-3H3. The Labute approximate surface area is 121 Å². The van der Waals surface area contributed by atoms with E-state index in [2.05, 4.69) is 42.0 Å². The molecular weight excluding hydrogens is 316 g/mol. The first-order valence-corrected chi connectivity index (χ1v) is 7.07. The molecule has 0 fully saturated rings. The number of halogens is 3. The van der Waals surface area contributed by atoms with Crippen molar-refractivity contribution in [2.24, 2.45) is 5.41 Å². The summed E-state index contributed by atoms with van der Waals surface area (Å²) in [6.45, 7) is 8.38. The van der Waals surface area contributed by atoms with Crippen LogP contribution in [0.2, 0.25) is 0 Å². The van der Waals surface area contributed by atoms with Gasteiger partial charge in [0.2, 0.25) is 0 Å². The molecule has 0 atom stereocenters. The van der Waals surface area contributed by atoms with Crippen LogP contribution in [0.25, 0.3) is 0 Å². The van der Waals surface area contributed by atoms with Crippen LogP contribution in [-0.4, -0.2) is 19.7 Å². The van der Waals surface area contributed by atoms with Crippen LogP contribution in [0.5, 0.6) is 5.75 Å². The van der Waals surface area contributed by atoms with E-state index in [0.29, 0.717) is 23.0 Å². The Bertz CT molecular complexity index is 395. The summed E-state index contributed by atoms with van der Waals surface area (Å²) in [4.78, 5) is 0. The van der Waals surface area contributed by atoms with E-state index in [-0.39, 0.29) is 5.75 Å². The highest BCUT2D eigenvalue weighted by molar-refractivity contribution is 9.10. The maximum Gasteiger partial charge on any atom is 0.169 e. The monoisotopic (exact) mass is 335 g/mol. The maximum atomic E-state index is 13.4. The summed E-state index contributed by atoms with van der Waals surface area (Å²) in [7, 11) is 0. The van der Waals surface area contributed by atoms with Gasteiger partial charge in [0.25, 0.3) is 0 Å². The zero-order valence-electron chi connectivity index (χ0n) is 11.5. The van der Waals surface area contributed by atoms with Crippen molar-refractivity contribution in [2.45, 2.75) is 27.2 Å². The fraction of sp³-hybridized carbons (Fsp3) is 0.571. The van der Waals surface area contributed by atoms with Gasteiger partial charge in [0.1, 0.15) is 12.4 Å². The van der Waals surface area contributed by atoms with Crippen LogP contribution in [0.3, 0.4) is 0 Å². The Kier molecular flexibility index (Phi) is 6.20. The zero-order valence-corrected chi connectivity index (χ0v) is 13.1. The second kappa shape index (κ2) is 7.20. The van der Waals surface area contributed by atoms with Crippen LogP contribution in [0.15, 0.2) is 16.6 Å². The second-order valence-corrected chi connectivity index (χ2v) is 6.46. The molecule has 5 heteroatoms. The van der Waals surface area contributed by atoms with Crippen LogP contribution in [0, 0.1) is 17.0 Å². The Morgan fingerprint density at radius 3 is 2.47 bits per heavy atom. The van der Waals surface area contributed by atoms with Gasteiger partial charge in [-0.05, 0) is 40.4 Å². The van der Waals surface area contributed by atoms with Crippen LogP contribution < -0.4 is 10.1 Å². The van der Waals surface area contributed by atoms with Gasteiger partial charge in [0, 0.05) is 12.6 Å². The van der Waals surface area contributed by atoms with E-state index >= 15 is 0 Å². The Morgan fingerprint density at radius 1 is 1.21 bits per heavy atom. The van der Waals surface area contributed by atoms with Gasteiger partial charge in [-0.15, -0.1) is 0 Å². The predicted octanol–water partition coefficient (Wildman–Crippen LogP) is 4.13. The van der Waals surface area contributed by atoms with Gasteiger partial charge in [-0.1, -0.05) is 20.8 Å². The van der Waals surface area contributed by atoms with Crippen molar-refractivity contribution in [1.29, 1.82) is 0 Å². The van der Waals surface area contributed by atoms with Crippen molar-refractivity contribution >= 4 is 15.9 Å². The van der Waals surface area contributed by atoms with E-state index in [1.54, 1.807) is 0 Å². The first kappa shape index (κ1) is 16.4. The summed E-state index contributed by atoms with van der Waals surface area (Å²) in [5, 5.41) is 3.23. The lowest BCUT2D eigenvalue weighted by molar-refractivity contribution is 0.289. The highest BCUT2D eigenvalue weighted by Gasteiger charge is 2.11. The van der Waals surface area contributed by atoms with E-state index in [1.165, 1.54) is 6.07 Å². The SMILES string of the molecule is CC(C)(C)CCNCCOc1c(F)cc(F)cc1Br. The largest absolute Gasteiger partial charge is 0.488 e. The lowest BCUT2D eigenvalue weighted by Gasteiger charge is -2.18. The third-order valence-electron chi connectivity index (χ3n) is 2.54. The Balaban J connectivity index is 2.30. The zero-order chi connectivity index (χ0) is 14.5. The van der Waals surface area contributed by atoms with E-state index in [0.717, 1.165) is 19.0 Å². The van der Waals surface area contributed by atoms with E-state index < -0.39 is 11.6 Å². The van der Waals surface area contributed by atoms with Gasteiger partial charge in [-0.25, -0.2) is 8.78 Å². The van der Waals surface area contributed by atoms with Gasteiger partial charge >= 0.3 is 0 Å². The number of hydrogen-bond acceptors (Lipinski definition) is 2. The van der Waals surface area contributed by atoms with Crippen molar-refractivity contribution in [3.63, 3.8) is 0 Å². The fourth-order valence-electron chi connectivity index (χ4n) is 1.48. The molecule has 0 radical (unpaired) electrons. The van der Waals surface area contributed by atoms with Crippen LogP contribution in [0.1, 0.15) is 27.2 Å². The number of rotatable bonds is 6. The van der Waals surface area contributed by atoms with Crippen LogP contribution in [0.4, 0.5) is 8.78 Å². The van der Waals surface area contributed by atoms with Crippen molar-refractivity contribution in [3.8, 4) is 5.75 Å². The molecule has 19 heavy (non-hydrogen) atoms. The minimum absolute atomic E-state index is 0.0546. The van der Waals surface area contributed by atoms with Crippen molar-refractivity contribution in [3.05, 3.63) is 28.2 Å². The third kappa shape index (κ3) is 6.34. The molecule has 1 aromatic rings. The summed E-state index contributed by atoms with van der Waals surface area (Å²) in [5.74, 6) is -1.26. The molecule has 0 saturated carbocycles. The summed E-state index contributed by atoms with van der Waals surface area (Å²) in [5.41, 5.74) is 0.292. The molecule has 0 aromatic heterocycles. The minimum atomic E-state index is -0.693. The molecule has 0 spiro atoms. The van der Waals surface area contributed by atoms with Gasteiger partial charge in [0.15, 0.2) is 11.6 Å². The summed E-state index contributed by atoms with van der Waals surface area (Å²) < 4.78 is 31.9. The molecule has 0 saturated heterocycles. The molecule has 0 bridgehead atoms. The molecule has 1 rings (SSSR count). The normalized spacial score (nSPS) is 11.7. The maximum absolute atomic E-state index is 13.4. The van der Waals surface area contributed by atoms with Gasteiger partial charge < -0.3 is 10.1 Å². The molecule has 0 aliphatic rings. The molecule has 0 amide bonds. The average Bonchev–Trinajstić information content (AvgIpc) is 2.24. The molecule has 0 heterocycles. The smallest absolute Gasteiger partial charge is 0.169 e. The molecule has 1 aromatic carbocycles. The van der Waals surface area contributed by atoms with Crippen LogP contribution >= 0.6 is 15.9 Å². The van der Waals surface area contributed by atoms with Crippen LogP contribution in [-0.2, 0) is 0 Å². The van der Waals surface area contributed by atoms with Gasteiger partial charge in [-0.3, -0.25) is 0 Å². The number of hydrogen-bond donors (Lipinski definition) is 1. The number of nitrogens with one attached hydrogen (secondary N) is 1. The second-order valence-electron chi connectivity index (χ2n) is 5.61. The van der Waals surface area contributed by atoms with Gasteiger partial charge in [-0.2, -0.15) is 0 Å². The lowest BCUT2D eigenvalue weighted by Crippen LogP contribution is -2.25. The molecule has 0 unspecified atom stereocenters. The molecule has 108 valence electrons. The third-order valence-corrected chi connectivity index (χ3v) is 3.13. The Hall–Kier alpha value is -0.680. The highest BCUT2D eigenvalue weighted by atomic mass is 79.9. The number of ether oxygens (including phenoxy) is 1. The lowest BCUT2D eigenvalue weighted by atomic mass is 9.92. The van der Waals surface area contributed by atoms with E-state index in [4.69, 9.17) is 4.74 Å². The topological polar surface area (TPSA) is 21.3 Å². The highest BCUT2D eigenvalue weighted by Crippen LogP contribution is 2.29. The Morgan fingerprint density at radius 2 is 1.89 bits per heavy atom. The molecule has 0 aliphatic carbocycles. The summed E-state index contributed by atoms with van der Waals surface area (Å²) in [6, 6.07) is 2.00. The molecule has 1 N–H and O–H groups in total. The van der Waals surface area contributed by atoms with Gasteiger partial charge in [0.05, 0.1) is 4.47 Å². The molecule has 0 aliphatic heterocycles. The van der Waals surface area contributed by atoms with Crippen molar-refractivity contribution < 1.29 is 13.5 Å². The van der Waals surface area contributed by atoms with Crippen molar-refractivity contribution in [1.82, 2.24) is 5.32 Å². The first-order chi connectivity index (χ1) is 8.79. The minimum Gasteiger partial charge on any atom is -0.488 e. The summed E-state index contributed by atoms with van der Waals surface area (Å²) >= 11 is 3.08. The summed E-state index contributed by atoms with van der Waals surface area (Å²) in [6.07, 6.45) is 1.06. The average molecular weight is 336 g/mol. The quantitative estimate of drug-likeness (QED) is 0.789. The fourth-order valence-corrected chi connectivity index (χ4v) is 2.00. The predicted molar refractivity (Wildman–Crippen MR) is 76.5 cm³/mol. The van der Waals surface area contributed by atoms with Crippen molar-refractivity contribution in [2.75, 3.05) is 19.7 Å². The number of benzene rings is 1.